The molecule has 2 N–H and O–H groups in total. The fourth-order valence-electron chi connectivity index (χ4n) is 2.22. The third-order valence-electron chi connectivity index (χ3n) is 3.29. The highest BCUT2D eigenvalue weighted by Gasteiger charge is 2.21. The molecule has 0 fully saturated rings. The van der Waals surface area contributed by atoms with Crippen LogP contribution >= 0.6 is 46.8 Å². The molecular weight excluding hydrogens is 359 g/mol. The van der Waals surface area contributed by atoms with Crippen molar-refractivity contribution in [3.8, 4) is 5.75 Å². The van der Waals surface area contributed by atoms with Gasteiger partial charge in [-0.1, -0.05) is 35.3 Å². The molecule has 114 valence electrons. The Bertz CT molecular complexity index is 741. The predicted octanol–water partition coefficient (Wildman–Crippen LogP) is 4.62. The minimum Gasteiger partial charge on any atom is -0.497 e. The van der Waals surface area contributed by atoms with E-state index in [1.54, 1.807) is 7.11 Å². The van der Waals surface area contributed by atoms with Gasteiger partial charge >= 0.3 is 0 Å². The topological polar surface area (TPSA) is 33.3 Å². The zero-order valence-electron chi connectivity index (χ0n) is 11.5. The minimum absolute atomic E-state index is 0.0376. The molecule has 1 aliphatic rings. The van der Waals surface area contributed by atoms with Gasteiger partial charge in [-0.25, -0.2) is 0 Å². The van der Waals surface area contributed by atoms with Gasteiger partial charge in [0, 0.05) is 11.3 Å². The van der Waals surface area contributed by atoms with E-state index < -0.39 is 0 Å². The average Bonchev–Trinajstić information content (AvgIpc) is 2.85. The standard InChI is InChI=1S/C15H12Cl2N2OS2/c1-20-9-4-2-8(3-5-9)11-7-12(19-15(21)18-11)10-6-13(16)22-14(10)17/h2-7,11H,1H3,(H2,18,19,21). The number of methoxy groups -OCH3 is 1. The summed E-state index contributed by atoms with van der Waals surface area (Å²) in [6.07, 6.45) is 2.04. The highest BCUT2D eigenvalue weighted by atomic mass is 35.5. The molecule has 0 saturated heterocycles. The lowest BCUT2D eigenvalue weighted by Crippen LogP contribution is -2.40. The molecule has 1 aromatic carbocycles. The molecule has 0 aliphatic carbocycles. The minimum atomic E-state index is -0.0376. The van der Waals surface area contributed by atoms with Gasteiger partial charge in [-0.15, -0.1) is 11.3 Å². The van der Waals surface area contributed by atoms with Crippen molar-refractivity contribution in [3.05, 3.63) is 56.2 Å². The van der Waals surface area contributed by atoms with Crippen LogP contribution in [0.5, 0.6) is 5.75 Å². The Morgan fingerprint density at radius 1 is 1.23 bits per heavy atom. The van der Waals surface area contributed by atoms with E-state index in [1.165, 1.54) is 11.3 Å². The third kappa shape index (κ3) is 3.22. The molecule has 1 aliphatic heterocycles. The van der Waals surface area contributed by atoms with E-state index in [2.05, 4.69) is 10.6 Å². The number of hydrogen-bond acceptors (Lipinski definition) is 3. The zero-order valence-corrected chi connectivity index (χ0v) is 14.7. The first kappa shape index (κ1) is 15.6. The van der Waals surface area contributed by atoms with Crippen LogP contribution in [-0.2, 0) is 0 Å². The number of benzene rings is 1. The Labute approximate surface area is 147 Å². The number of thiocarbonyl (C=S) groups is 1. The van der Waals surface area contributed by atoms with Crippen LogP contribution in [0.25, 0.3) is 5.70 Å². The van der Waals surface area contributed by atoms with Crippen LogP contribution in [0.2, 0.25) is 8.67 Å². The second kappa shape index (κ2) is 6.46. The van der Waals surface area contributed by atoms with E-state index in [1.807, 2.05) is 36.4 Å². The fourth-order valence-corrected chi connectivity index (χ4v) is 3.95. The lowest BCUT2D eigenvalue weighted by atomic mass is 10.0. The molecule has 0 amide bonds. The van der Waals surface area contributed by atoms with E-state index in [9.17, 15) is 0 Å². The van der Waals surface area contributed by atoms with Crippen molar-refractivity contribution in [2.45, 2.75) is 6.04 Å². The Balaban J connectivity index is 1.95. The molecule has 0 saturated carbocycles. The van der Waals surface area contributed by atoms with Crippen LogP contribution in [0.1, 0.15) is 17.2 Å². The van der Waals surface area contributed by atoms with Gasteiger partial charge in [0.05, 0.1) is 17.5 Å². The first-order valence-corrected chi connectivity index (χ1v) is 8.43. The zero-order chi connectivity index (χ0) is 15.7. The summed E-state index contributed by atoms with van der Waals surface area (Å²) in [5.74, 6) is 0.817. The molecule has 3 nitrogen and oxygen atoms in total. The third-order valence-corrected chi connectivity index (χ3v) is 5.00. The Hall–Kier alpha value is -1.27. The van der Waals surface area contributed by atoms with Gasteiger partial charge in [0.2, 0.25) is 0 Å². The van der Waals surface area contributed by atoms with E-state index in [0.29, 0.717) is 13.8 Å². The van der Waals surface area contributed by atoms with Crippen molar-refractivity contribution in [2.24, 2.45) is 0 Å². The lowest BCUT2D eigenvalue weighted by molar-refractivity contribution is 0.414. The summed E-state index contributed by atoms with van der Waals surface area (Å²) in [5.41, 5.74) is 2.80. The first-order valence-electron chi connectivity index (χ1n) is 6.45. The summed E-state index contributed by atoms with van der Waals surface area (Å²) >= 11 is 18.9. The molecule has 1 unspecified atom stereocenters. The maximum Gasteiger partial charge on any atom is 0.171 e. The monoisotopic (exact) mass is 370 g/mol. The van der Waals surface area contributed by atoms with Crippen molar-refractivity contribution >= 4 is 57.6 Å². The van der Waals surface area contributed by atoms with Crippen molar-refractivity contribution in [1.29, 1.82) is 0 Å². The number of hydrogen-bond donors (Lipinski definition) is 2. The van der Waals surface area contributed by atoms with Crippen molar-refractivity contribution in [1.82, 2.24) is 10.6 Å². The quantitative estimate of drug-likeness (QED) is 0.772. The summed E-state index contributed by atoms with van der Waals surface area (Å²) in [7, 11) is 1.65. The fraction of sp³-hybridized carbons (Fsp3) is 0.133. The summed E-state index contributed by atoms with van der Waals surface area (Å²) in [5, 5.41) is 6.91. The van der Waals surface area contributed by atoms with Gasteiger partial charge in [-0.2, -0.15) is 0 Å². The molecule has 22 heavy (non-hydrogen) atoms. The number of halogens is 2. The number of ether oxygens (including phenoxy) is 1. The normalized spacial score (nSPS) is 17.5. The van der Waals surface area contributed by atoms with Crippen molar-refractivity contribution in [3.63, 3.8) is 0 Å². The predicted molar refractivity (Wildman–Crippen MR) is 96.9 cm³/mol. The molecule has 1 aromatic heterocycles. The van der Waals surface area contributed by atoms with Gasteiger partial charge in [-0.3, -0.25) is 0 Å². The number of thiophene rings is 1. The van der Waals surface area contributed by atoms with E-state index in [0.717, 1.165) is 22.6 Å². The molecule has 3 rings (SSSR count). The van der Waals surface area contributed by atoms with Crippen LogP contribution in [0, 0.1) is 0 Å². The maximum atomic E-state index is 6.23. The summed E-state index contributed by atoms with van der Waals surface area (Å²) in [4.78, 5) is 0. The number of nitrogens with one attached hydrogen (secondary N) is 2. The Morgan fingerprint density at radius 3 is 2.55 bits per heavy atom. The molecule has 1 atom stereocenters. The van der Waals surface area contributed by atoms with Gasteiger partial charge in [0.25, 0.3) is 0 Å². The molecule has 2 aromatic rings. The molecule has 7 heteroatoms. The summed E-state index contributed by atoms with van der Waals surface area (Å²) in [6, 6.07) is 9.64. The van der Waals surface area contributed by atoms with Gasteiger partial charge < -0.3 is 15.4 Å². The highest BCUT2D eigenvalue weighted by molar-refractivity contribution is 7.80. The SMILES string of the molecule is COc1ccc(C2C=C(c3cc(Cl)sc3Cl)NC(=S)N2)cc1. The average molecular weight is 371 g/mol. The van der Waals surface area contributed by atoms with Crippen LogP contribution in [0.3, 0.4) is 0 Å². The van der Waals surface area contributed by atoms with Crippen LogP contribution < -0.4 is 15.4 Å². The van der Waals surface area contributed by atoms with Gasteiger partial charge in [-0.05, 0) is 42.1 Å². The summed E-state index contributed by atoms with van der Waals surface area (Å²) < 4.78 is 6.47. The van der Waals surface area contributed by atoms with E-state index in [4.69, 9.17) is 40.2 Å². The van der Waals surface area contributed by atoms with Crippen LogP contribution in [0.15, 0.2) is 36.4 Å². The maximum absolute atomic E-state index is 6.23. The second-order valence-corrected chi connectivity index (χ2v) is 7.36. The Kier molecular flexibility index (Phi) is 4.59. The van der Waals surface area contributed by atoms with Crippen molar-refractivity contribution < 1.29 is 4.74 Å². The van der Waals surface area contributed by atoms with E-state index >= 15 is 0 Å². The van der Waals surface area contributed by atoms with Gasteiger partial charge in [0.15, 0.2) is 5.11 Å². The highest BCUT2D eigenvalue weighted by Crippen LogP contribution is 2.36. The second-order valence-electron chi connectivity index (χ2n) is 4.67. The lowest BCUT2D eigenvalue weighted by Gasteiger charge is -2.26. The van der Waals surface area contributed by atoms with Crippen molar-refractivity contribution in [2.75, 3.05) is 7.11 Å². The molecule has 0 bridgehead atoms. The number of rotatable bonds is 3. The van der Waals surface area contributed by atoms with E-state index in [-0.39, 0.29) is 6.04 Å². The molecular formula is C15H12Cl2N2OS2. The Morgan fingerprint density at radius 2 is 1.95 bits per heavy atom. The first-order chi connectivity index (χ1) is 10.6. The molecule has 0 radical (unpaired) electrons. The van der Waals surface area contributed by atoms with Crippen LogP contribution in [-0.4, -0.2) is 12.2 Å². The smallest absolute Gasteiger partial charge is 0.171 e. The molecule has 0 spiro atoms. The largest absolute Gasteiger partial charge is 0.497 e. The molecule has 2 heterocycles. The van der Waals surface area contributed by atoms with Gasteiger partial charge in [0.1, 0.15) is 10.1 Å². The summed E-state index contributed by atoms with van der Waals surface area (Å²) in [6.45, 7) is 0. The van der Waals surface area contributed by atoms with Crippen LogP contribution in [0.4, 0.5) is 0 Å².